The number of nitrogens with zero attached hydrogens (tertiary/aromatic N) is 4. The van der Waals surface area contributed by atoms with E-state index in [1.165, 1.54) is 0 Å². The maximum absolute atomic E-state index is 12.6. The molecular formula is C17H24N4O4. The summed E-state index contributed by atoms with van der Waals surface area (Å²) in [5.41, 5.74) is 0. The fraction of sp³-hybridized carbons (Fsp3) is 0.588. The zero-order valence-electron chi connectivity index (χ0n) is 14.5. The van der Waals surface area contributed by atoms with E-state index in [2.05, 4.69) is 6.07 Å². The van der Waals surface area contributed by atoms with Crippen LogP contribution in [0.15, 0.2) is 22.8 Å². The van der Waals surface area contributed by atoms with Gasteiger partial charge in [0.25, 0.3) is 0 Å². The molecule has 1 fully saturated rings. The molecule has 8 heteroatoms. The molecule has 0 bridgehead atoms. The monoisotopic (exact) mass is 348 g/mol. The molecule has 1 aromatic rings. The molecule has 0 unspecified atom stereocenters. The first kappa shape index (κ1) is 18.8. The maximum Gasteiger partial charge on any atom is 0.409 e. The number of hydrogen-bond donors (Lipinski definition) is 0. The molecule has 0 radical (unpaired) electrons. The average molecular weight is 348 g/mol. The van der Waals surface area contributed by atoms with Crippen molar-refractivity contribution < 1.29 is 18.7 Å². The molecule has 2 heterocycles. The van der Waals surface area contributed by atoms with E-state index in [0.29, 0.717) is 51.6 Å². The second-order valence-corrected chi connectivity index (χ2v) is 5.76. The van der Waals surface area contributed by atoms with Crippen molar-refractivity contribution in [1.82, 2.24) is 14.7 Å². The van der Waals surface area contributed by atoms with Gasteiger partial charge >= 0.3 is 6.09 Å². The Morgan fingerprint density at radius 3 is 2.72 bits per heavy atom. The van der Waals surface area contributed by atoms with Crippen LogP contribution in [0.25, 0.3) is 0 Å². The largest absolute Gasteiger partial charge is 0.467 e. The van der Waals surface area contributed by atoms with Gasteiger partial charge in [-0.2, -0.15) is 5.26 Å². The summed E-state index contributed by atoms with van der Waals surface area (Å²) in [7, 11) is 0. The Bertz CT molecular complexity index is 588. The minimum absolute atomic E-state index is 0.0452. The van der Waals surface area contributed by atoms with Crippen LogP contribution in [0.2, 0.25) is 0 Å². The van der Waals surface area contributed by atoms with Gasteiger partial charge in [0.2, 0.25) is 5.91 Å². The molecular weight excluding hydrogens is 324 g/mol. The summed E-state index contributed by atoms with van der Waals surface area (Å²) < 4.78 is 10.3. The fourth-order valence-electron chi connectivity index (χ4n) is 2.66. The lowest BCUT2D eigenvalue weighted by Crippen LogP contribution is -2.51. The summed E-state index contributed by atoms with van der Waals surface area (Å²) in [6.07, 6.45) is 1.54. The number of rotatable bonds is 7. The van der Waals surface area contributed by atoms with Crippen molar-refractivity contribution in [3.63, 3.8) is 0 Å². The number of hydrogen-bond acceptors (Lipinski definition) is 6. The molecule has 0 atom stereocenters. The van der Waals surface area contributed by atoms with E-state index < -0.39 is 0 Å². The number of furan rings is 1. The minimum atomic E-state index is -0.304. The van der Waals surface area contributed by atoms with Crippen molar-refractivity contribution in [3.05, 3.63) is 24.2 Å². The zero-order chi connectivity index (χ0) is 18.1. The van der Waals surface area contributed by atoms with Gasteiger partial charge in [-0.05, 0) is 19.1 Å². The highest BCUT2D eigenvalue weighted by Gasteiger charge is 2.25. The third kappa shape index (κ3) is 5.80. The number of carbonyl (C=O) groups excluding carboxylic acids is 2. The Labute approximate surface area is 147 Å². The van der Waals surface area contributed by atoms with Crippen LogP contribution in [0.3, 0.4) is 0 Å². The highest BCUT2D eigenvalue weighted by Crippen LogP contribution is 2.09. The molecule has 2 rings (SSSR count). The Hall–Kier alpha value is -2.53. The Morgan fingerprint density at radius 1 is 1.36 bits per heavy atom. The van der Waals surface area contributed by atoms with Crippen LogP contribution in [-0.4, -0.2) is 72.6 Å². The van der Waals surface area contributed by atoms with Gasteiger partial charge < -0.3 is 19.0 Å². The van der Waals surface area contributed by atoms with Gasteiger partial charge in [-0.25, -0.2) is 4.79 Å². The van der Waals surface area contributed by atoms with E-state index in [0.717, 1.165) is 0 Å². The third-order valence-electron chi connectivity index (χ3n) is 4.03. The van der Waals surface area contributed by atoms with Crippen LogP contribution < -0.4 is 0 Å². The van der Waals surface area contributed by atoms with E-state index >= 15 is 0 Å². The number of amides is 2. The third-order valence-corrected chi connectivity index (χ3v) is 4.03. The Balaban J connectivity index is 1.84. The predicted molar refractivity (Wildman–Crippen MR) is 89.4 cm³/mol. The summed E-state index contributed by atoms with van der Waals surface area (Å²) in [6.45, 7) is 5.47. The molecule has 0 saturated carbocycles. The summed E-state index contributed by atoms with van der Waals surface area (Å²) in [5.74, 6) is 0.648. The predicted octanol–water partition coefficient (Wildman–Crippen LogP) is 1.30. The van der Waals surface area contributed by atoms with E-state index in [1.807, 2.05) is 11.0 Å². The van der Waals surface area contributed by atoms with Crippen LogP contribution in [-0.2, 0) is 16.1 Å². The van der Waals surface area contributed by atoms with Gasteiger partial charge in [-0.3, -0.25) is 9.69 Å². The van der Waals surface area contributed by atoms with E-state index in [1.54, 1.807) is 29.1 Å². The molecule has 8 nitrogen and oxygen atoms in total. The lowest BCUT2D eigenvalue weighted by Gasteiger charge is -2.34. The molecule has 2 amide bonds. The molecule has 25 heavy (non-hydrogen) atoms. The van der Waals surface area contributed by atoms with E-state index in [4.69, 9.17) is 14.4 Å². The molecule has 0 spiro atoms. The van der Waals surface area contributed by atoms with Gasteiger partial charge in [-0.15, -0.1) is 0 Å². The summed E-state index contributed by atoms with van der Waals surface area (Å²) in [6, 6.07) is 5.66. The average Bonchev–Trinajstić information content (AvgIpc) is 3.12. The van der Waals surface area contributed by atoms with Crippen LogP contribution in [0, 0.1) is 11.3 Å². The quantitative estimate of drug-likeness (QED) is 0.738. The number of nitriles is 1. The standard InChI is InChI=1S/C17H24N4O4/c1-2-24-17(23)20-10-8-19(9-11-20)14-16(22)21(7-4-6-18)13-15-5-3-12-25-15/h3,5,12H,2,4,7-11,13-14H2,1H3. The van der Waals surface area contributed by atoms with Crippen molar-refractivity contribution in [2.45, 2.75) is 19.9 Å². The number of ether oxygens (including phenoxy) is 1. The zero-order valence-corrected chi connectivity index (χ0v) is 14.5. The minimum Gasteiger partial charge on any atom is -0.467 e. The molecule has 1 aromatic heterocycles. The first-order valence-corrected chi connectivity index (χ1v) is 8.45. The van der Waals surface area contributed by atoms with Crippen molar-refractivity contribution in [1.29, 1.82) is 5.26 Å². The van der Waals surface area contributed by atoms with E-state index in [-0.39, 0.29) is 25.0 Å². The Kier molecular flexibility index (Phi) is 7.29. The van der Waals surface area contributed by atoms with Gasteiger partial charge in [0.05, 0.1) is 38.4 Å². The SMILES string of the molecule is CCOC(=O)N1CCN(CC(=O)N(CCC#N)Cc2ccco2)CC1. The van der Waals surface area contributed by atoms with Crippen molar-refractivity contribution in [2.75, 3.05) is 45.9 Å². The van der Waals surface area contributed by atoms with Crippen LogP contribution in [0.4, 0.5) is 4.79 Å². The smallest absolute Gasteiger partial charge is 0.409 e. The highest BCUT2D eigenvalue weighted by atomic mass is 16.6. The molecule has 1 saturated heterocycles. The van der Waals surface area contributed by atoms with Crippen LogP contribution >= 0.6 is 0 Å². The number of piperazine rings is 1. The first-order chi connectivity index (χ1) is 12.1. The molecule has 1 aliphatic heterocycles. The molecule has 0 aromatic carbocycles. The molecule has 136 valence electrons. The van der Waals surface area contributed by atoms with Crippen LogP contribution in [0.5, 0.6) is 0 Å². The topological polar surface area (TPSA) is 90.0 Å². The fourth-order valence-corrected chi connectivity index (χ4v) is 2.66. The molecule has 0 N–H and O–H groups in total. The first-order valence-electron chi connectivity index (χ1n) is 8.45. The van der Waals surface area contributed by atoms with Crippen molar-refractivity contribution in [2.24, 2.45) is 0 Å². The summed E-state index contributed by atoms with van der Waals surface area (Å²) >= 11 is 0. The number of carbonyl (C=O) groups is 2. The summed E-state index contributed by atoms with van der Waals surface area (Å²) in [4.78, 5) is 29.6. The maximum atomic E-state index is 12.6. The van der Waals surface area contributed by atoms with Crippen molar-refractivity contribution >= 4 is 12.0 Å². The van der Waals surface area contributed by atoms with Gasteiger partial charge in [0, 0.05) is 32.7 Å². The lowest BCUT2D eigenvalue weighted by molar-refractivity contribution is -0.133. The second kappa shape index (κ2) is 9.69. The second-order valence-electron chi connectivity index (χ2n) is 5.76. The molecule has 0 aliphatic carbocycles. The normalized spacial score (nSPS) is 14.8. The van der Waals surface area contributed by atoms with Crippen molar-refractivity contribution in [3.8, 4) is 6.07 Å². The van der Waals surface area contributed by atoms with Gasteiger partial charge in [0.15, 0.2) is 0 Å². The Morgan fingerprint density at radius 2 is 2.12 bits per heavy atom. The summed E-state index contributed by atoms with van der Waals surface area (Å²) in [5, 5.41) is 8.80. The lowest BCUT2D eigenvalue weighted by atomic mass is 10.3. The molecule has 1 aliphatic rings. The van der Waals surface area contributed by atoms with Crippen LogP contribution in [0.1, 0.15) is 19.1 Å². The van der Waals surface area contributed by atoms with Gasteiger partial charge in [-0.1, -0.05) is 0 Å². The van der Waals surface area contributed by atoms with E-state index in [9.17, 15) is 9.59 Å². The van der Waals surface area contributed by atoms with Gasteiger partial charge in [0.1, 0.15) is 5.76 Å². The highest BCUT2D eigenvalue weighted by molar-refractivity contribution is 5.78.